The number of hydrogen-bond acceptors (Lipinski definition) is 4. The molecule has 1 saturated carbocycles. The lowest BCUT2D eigenvalue weighted by Gasteiger charge is -2.08. The maximum atomic E-state index is 11.8. The van der Waals surface area contributed by atoms with Crippen molar-refractivity contribution in [3.8, 4) is 0 Å². The van der Waals surface area contributed by atoms with Gasteiger partial charge >= 0.3 is 0 Å². The molecule has 3 N–H and O–H groups in total. The monoisotopic (exact) mass is 242 g/mol. The molecule has 5 nitrogen and oxygen atoms in total. The first kappa shape index (κ1) is 11.4. The number of aromatic nitrogens is 2. The summed E-state index contributed by atoms with van der Waals surface area (Å²) in [4.78, 5) is 11.8. The van der Waals surface area contributed by atoms with Crippen LogP contribution in [0.5, 0.6) is 0 Å². The van der Waals surface area contributed by atoms with Crippen LogP contribution in [0.4, 0.5) is 5.69 Å². The Bertz CT molecular complexity index is 445. The molecule has 0 amide bonds. The third kappa shape index (κ3) is 2.20. The van der Waals surface area contributed by atoms with Gasteiger partial charge in [0.05, 0.1) is 11.9 Å². The van der Waals surface area contributed by atoms with Crippen LogP contribution in [0.2, 0.25) is 5.02 Å². The number of nitrogens with two attached hydrogens (primary N) is 1. The highest BCUT2D eigenvalue weighted by Crippen LogP contribution is 2.26. The molecule has 0 bridgehead atoms. The lowest BCUT2D eigenvalue weighted by Crippen LogP contribution is -2.25. The van der Waals surface area contributed by atoms with Crippen LogP contribution in [0, 0.1) is 0 Å². The smallest absolute Gasteiger partial charge is 0.287 e. The van der Waals surface area contributed by atoms with Crippen LogP contribution in [-0.4, -0.2) is 21.9 Å². The summed E-state index contributed by atoms with van der Waals surface area (Å²) in [6.07, 6.45) is 3.35. The van der Waals surface area contributed by atoms with Gasteiger partial charge in [0.25, 0.3) is 5.56 Å². The summed E-state index contributed by atoms with van der Waals surface area (Å²) in [6, 6.07) is 0.384. The SMILES string of the molecule is CCCn1ncc(NC2CC2N)c(Cl)c1=O. The predicted octanol–water partition coefficient (Wildman–Crippen LogP) is 0.818. The Morgan fingerprint density at radius 2 is 2.44 bits per heavy atom. The van der Waals surface area contributed by atoms with Crippen molar-refractivity contribution >= 4 is 17.3 Å². The molecule has 2 unspecified atom stereocenters. The average molecular weight is 243 g/mol. The van der Waals surface area contributed by atoms with E-state index in [4.69, 9.17) is 17.3 Å². The molecule has 1 aliphatic rings. The van der Waals surface area contributed by atoms with E-state index in [1.807, 2.05) is 6.92 Å². The van der Waals surface area contributed by atoms with E-state index in [0.29, 0.717) is 12.2 Å². The van der Waals surface area contributed by atoms with Crippen LogP contribution in [0.3, 0.4) is 0 Å². The molecule has 2 rings (SSSR count). The van der Waals surface area contributed by atoms with Crippen LogP contribution in [-0.2, 0) is 6.54 Å². The highest BCUT2D eigenvalue weighted by atomic mass is 35.5. The molecule has 0 aliphatic heterocycles. The largest absolute Gasteiger partial charge is 0.378 e. The zero-order chi connectivity index (χ0) is 11.7. The molecule has 1 fully saturated rings. The molecular weight excluding hydrogens is 228 g/mol. The van der Waals surface area contributed by atoms with Crippen LogP contribution in [0.1, 0.15) is 19.8 Å². The van der Waals surface area contributed by atoms with Crippen molar-refractivity contribution in [1.82, 2.24) is 9.78 Å². The minimum absolute atomic E-state index is 0.161. The first-order chi connectivity index (χ1) is 7.63. The topological polar surface area (TPSA) is 72.9 Å². The van der Waals surface area contributed by atoms with Gasteiger partial charge in [-0.15, -0.1) is 0 Å². The van der Waals surface area contributed by atoms with E-state index < -0.39 is 0 Å². The zero-order valence-corrected chi connectivity index (χ0v) is 9.87. The average Bonchev–Trinajstić information content (AvgIpc) is 2.94. The Morgan fingerprint density at radius 1 is 1.75 bits per heavy atom. The molecule has 2 atom stereocenters. The Balaban J connectivity index is 2.21. The predicted molar refractivity (Wildman–Crippen MR) is 63.8 cm³/mol. The molecule has 1 aromatic rings. The molecule has 6 heteroatoms. The van der Waals surface area contributed by atoms with Gasteiger partial charge in [-0.3, -0.25) is 4.79 Å². The van der Waals surface area contributed by atoms with Crippen LogP contribution >= 0.6 is 11.6 Å². The third-order valence-corrected chi connectivity index (χ3v) is 2.97. The summed E-state index contributed by atoms with van der Waals surface area (Å²) >= 11 is 5.98. The lowest BCUT2D eigenvalue weighted by molar-refractivity contribution is 0.568. The summed E-state index contributed by atoms with van der Waals surface area (Å²) in [7, 11) is 0. The fraction of sp³-hybridized carbons (Fsp3) is 0.600. The number of aryl methyl sites for hydroxylation is 1. The number of nitrogens with one attached hydrogen (secondary N) is 1. The second-order valence-corrected chi connectivity index (χ2v) is 4.43. The van der Waals surface area contributed by atoms with E-state index in [-0.39, 0.29) is 22.7 Å². The molecule has 0 saturated heterocycles. The molecule has 88 valence electrons. The van der Waals surface area contributed by atoms with Crippen molar-refractivity contribution in [1.29, 1.82) is 0 Å². The molecule has 16 heavy (non-hydrogen) atoms. The van der Waals surface area contributed by atoms with Gasteiger partial charge in [0.15, 0.2) is 0 Å². The van der Waals surface area contributed by atoms with Crippen molar-refractivity contribution < 1.29 is 0 Å². The summed E-state index contributed by atoms with van der Waals surface area (Å²) in [5, 5.41) is 7.36. The number of hydrogen-bond donors (Lipinski definition) is 2. The minimum atomic E-state index is -0.247. The molecule has 0 aromatic carbocycles. The Kier molecular flexibility index (Phi) is 3.16. The Hall–Kier alpha value is -1.07. The van der Waals surface area contributed by atoms with Gasteiger partial charge in [-0.25, -0.2) is 4.68 Å². The van der Waals surface area contributed by atoms with Gasteiger partial charge in [0.2, 0.25) is 0 Å². The third-order valence-electron chi connectivity index (χ3n) is 2.60. The first-order valence-corrected chi connectivity index (χ1v) is 5.79. The van der Waals surface area contributed by atoms with Crippen LogP contribution < -0.4 is 16.6 Å². The quantitative estimate of drug-likeness (QED) is 0.820. The number of nitrogens with zero attached hydrogens (tertiary/aromatic N) is 2. The molecule has 1 aliphatic carbocycles. The summed E-state index contributed by atoms with van der Waals surface area (Å²) in [5.41, 5.74) is 6.00. The Morgan fingerprint density at radius 3 is 3.00 bits per heavy atom. The van der Waals surface area contributed by atoms with Crippen molar-refractivity contribution in [3.63, 3.8) is 0 Å². The zero-order valence-electron chi connectivity index (χ0n) is 9.11. The van der Waals surface area contributed by atoms with E-state index in [1.54, 1.807) is 6.20 Å². The summed E-state index contributed by atoms with van der Waals surface area (Å²) < 4.78 is 1.38. The van der Waals surface area contributed by atoms with Gasteiger partial charge in [0.1, 0.15) is 5.02 Å². The van der Waals surface area contributed by atoms with Crippen LogP contribution in [0.25, 0.3) is 0 Å². The fourth-order valence-electron chi connectivity index (χ4n) is 1.52. The van der Waals surface area contributed by atoms with E-state index in [9.17, 15) is 4.79 Å². The second-order valence-electron chi connectivity index (χ2n) is 4.05. The van der Waals surface area contributed by atoms with E-state index in [1.165, 1.54) is 4.68 Å². The number of halogens is 1. The normalized spacial score (nSPS) is 23.2. The fourth-order valence-corrected chi connectivity index (χ4v) is 1.72. The highest BCUT2D eigenvalue weighted by molar-refractivity contribution is 6.32. The maximum absolute atomic E-state index is 11.8. The summed E-state index contributed by atoms with van der Waals surface area (Å²) in [5.74, 6) is 0. The van der Waals surface area contributed by atoms with Gasteiger partial charge in [-0.2, -0.15) is 5.10 Å². The highest BCUT2D eigenvalue weighted by Gasteiger charge is 2.33. The van der Waals surface area contributed by atoms with E-state index >= 15 is 0 Å². The number of rotatable bonds is 4. The molecule has 1 aromatic heterocycles. The summed E-state index contributed by atoms with van der Waals surface area (Å²) in [6.45, 7) is 2.57. The molecule has 1 heterocycles. The second kappa shape index (κ2) is 4.43. The standard InChI is InChI=1S/C10H15ClN4O/c1-2-3-15-10(16)9(11)8(5-13-15)14-7-4-6(7)12/h5-7,14H,2-4,12H2,1H3. The van der Waals surface area contributed by atoms with E-state index in [2.05, 4.69) is 10.4 Å². The molecular formula is C10H15ClN4O. The van der Waals surface area contributed by atoms with Gasteiger partial charge < -0.3 is 11.1 Å². The van der Waals surface area contributed by atoms with Gasteiger partial charge in [-0.05, 0) is 12.8 Å². The van der Waals surface area contributed by atoms with Crippen LogP contribution in [0.15, 0.2) is 11.0 Å². The number of anilines is 1. The molecule has 0 radical (unpaired) electrons. The minimum Gasteiger partial charge on any atom is -0.378 e. The van der Waals surface area contributed by atoms with Crippen molar-refractivity contribution in [3.05, 3.63) is 21.6 Å². The van der Waals surface area contributed by atoms with E-state index in [0.717, 1.165) is 12.8 Å². The van der Waals surface area contributed by atoms with Crippen molar-refractivity contribution in [2.24, 2.45) is 5.73 Å². The van der Waals surface area contributed by atoms with Gasteiger partial charge in [-0.1, -0.05) is 18.5 Å². The van der Waals surface area contributed by atoms with Gasteiger partial charge in [0, 0.05) is 18.6 Å². The van der Waals surface area contributed by atoms with Crippen molar-refractivity contribution in [2.75, 3.05) is 5.32 Å². The molecule has 0 spiro atoms. The maximum Gasteiger partial charge on any atom is 0.287 e. The lowest BCUT2D eigenvalue weighted by atomic mass is 10.4. The first-order valence-electron chi connectivity index (χ1n) is 5.41. The van der Waals surface area contributed by atoms with Crippen molar-refractivity contribution in [2.45, 2.75) is 38.4 Å². The Labute approximate surface area is 98.6 Å².